The molecule has 0 saturated carbocycles. The summed E-state index contributed by atoms with van der Waals surface area (Å²) in [5.41, 5.74) is 8.22. The molecule has 1 heteroatoms. The monoisotopic (exact) mass is 339 g/mol. The molecule has 130 valence electrons. The average molecular weight is 339 g/mol. The van der Waals surface area contributed by atoms with Crippen LogP contribution in [0, 0.1) is 0 Å². The predicted molar refractivity (Wildman–Crippen MR) is 114 cm³/mol. The van der Waals surface area contributed by atoms with Crippen molar-refractivity contribution in [3.05, 3.63) is 83.4 Å². The lowest BCUT2D eigenvalue weighted by Crippen LogP contribution is -2.05. The van der Waals surface area contributed by atoms with E-state index in [1.54, 1.807) is 0 Å². The van der Waals surface area contributed by atoms with Gasteiger partial charge in [0.15, 0.2) is 0 Å². The van der Waals surface area contributed by atoms with Gasteiger partial charge >= 0.3 is 0 Å². The molecule has 0 radical (unpaired) electrons. The van der Waals surface area contributed by atoms with Crippen molar-refractivity contribution < 1.29 is 0 Å². The molecule has 0 unspecified atom stereocenters. The summed E-state index contributed by atoms with van der Waals surface area (Å²) in [6.07, 6.45) is 4.62. The van der Waals surface area contributed by atoms with E-state index in [2.05, 4.69) is 84.3 Å². The maximum absolute atomic E-state index is 2.44. The highest BCUT2D eigenvalue weighted by Crippen LogP contribution is 2.35. The summed E-state index contributed by atoms with van der Waals surface area (Å²) >= 11 is 0. The van der Waals surface area contributed by atoms with E-state index in [4.69, 9.17) is 0 Å². The Morgan fingerprint density at radius 1 is 0.692 bits per heavy atom. The van der Waals surface area contributed by atoms with E-state index in [0.29, 0.717) is 0 Å². The van der Waals surface area contributed by atoms with Crippen molar-refractivity contribution in [2.45, 2.75) is 33.6 Å². The third-order valence-electron chi connectivity index (χ3n) is 5.18. The van der Waals surface area contributed by atoms with Gasteiger partial charge in [0.1, 0.15) is 0 Å². The van der Waals surface area contributed by atoms with Crippen molar-refractivity contribution in [3.63, 3.8) is 0 Å². The third kappa shape index (κ3) is 2.55. The topological polar surface area (TPSA) is 4.93 Å². The molecule has 3 aromatic carbocycles. The molecule has 0 atom stereocenters. The van der Waals surface area contributed by atoms with Crippen LogP contribution in [0.2, 0.25) is 0 Å². The second-order valence-electron chi connectivity index (χ2n) is 6.71. The minimum absolute atomic E-state index is 1.12. The van der Waals surface area contributed by atoms with E-state index in [1.807, 2.05) is 13.8 Å². The lowest BCUT2D eigenvalue weighted by molar-refractivity contribution is 0.912. The van der Waals surface area contributed by atoms with Gasteiger partial charge in [0.05, 0.1) is 11.0 Å². The van der Waals surface area contributed by atoms with Gasteiger partial charge in [0.25, 0.3) is 0 Å². The molecule has 1 nitrogen and oxygen atoms in total. The lowest BCUT2D eigenvalue weighted by Gasteiger charge is -2.20. The van der Waals surface area contributed by atoms with E-state index in [-0.39, 0.29) is 0 Å². The molecule has 0 bridgehead atoms. The second-order valence-corrected chi connectivity index (χ2v) is 6.71. The zero-order valence-corrected chi connectivity index (χ0v) is 15.8. The Morgan fingerprint density at radius 2 is 1.31 bits per heavy atom. The number of allylic oxidation sites excluding steroid dienone is 1. The standard InChI is InChI=1S/C23H19N.C2H6/c1-16-13-14-18-17(15-16)7-6-12-21(18)24-22-10-4-2-8-19(22)20-9-3-5-11-23(20)24;1-2/h2-12,15H,13-14H2,1H3;1-2H3. The van der Waals surface area contributed by atoms with Gasteiger partial charge in [0, 0.05) is 16.5 Å². The normalized spacial score (nSPS) is 13.1. The van der Waals surface area contributed by atoms with E-state index in [0.717, 1.165) is 12.8 Å². The third-order valence-corrected chi connectivity index (χ3v) is 5.18. The van der Waals surface area contributed by atoms with Crippen LogP contribution in [0.25, 0.3) is 33.6 Å². The first-order chi connectivity index (χ1) is 12.8. The number of aromatic nitrogens is 1. The minimum atomic E-state index is 1.12. The molecule has 0 spiro atoms. The van der Waals surface area contributed by atoms with Crippen LogP contribution < -0.4 is 0 Å². The molecule has 0 saturated heterocycles. The fourth-order valence-electron chi connectivity index (χ4n) is 4.05. The van der Waals surface area contributed by atoms with Gasteiger partial charge in [-0.3, -0.25) is 0 Å². The van der Waals surface area contributed by atoms with Crippen molar-refractivity contribution in [2.75, 3.05) is 0 Å². The SMILES string of the molecule is CC.CC1=Cc2cccc(-n3c4ccccc4c4ccccc43)c2CC1. The molecule has 1 aromatic heterocycles. The van der Waals surface area contributed by atoms with E-state index in [1.165, 1.54) is 44.2 Å². The Bertz CT molecular complexity index is 1060. The molecule has 26 heavy (non-hydrogen) atoms. The lowest BCUT2D eigenvalue weighted by atomic mass is 9.91. The maximum Gasteiger partial charge on any atom is 0.0541 e. The molecule has 5 rings (SSSR count). The minimum Gasteiger partial charge on any atom is -0.309 e. The van der Waals surface area contributed by atoms with Crippen LogP contribution in [-0.4, -0.2) is 4.57 Å². The van der Waals surface area contributed by atoms with Crippen molar-refractivity contribution >= 4 is 27.9 Å². The number of nitrogens with zero attached hydrogens (tertiary/aromatic N) is 1. The molecular formula is C25H25N. The Balaban J connectivity index is 0.000000814. The Labute approximate surface area is 155 Å². The molecule has 1 heterocycles. The van der Waals surface area contributed by atoms with Crippen LogP contribution in [0.4, 0.5) is 0 Å². The number of fused-ring (bicyclic) bond motifs is 4. The first-order valence-corrected chi connectivity index (χ1v) is 9.60. The molecule has 0 amide bonds. The highest BCUT2D eigenvalue weighted by atomic mass is 15.0. The molecule has 4 aromatic rings. The van der Waals surface area contributed by atoms with Crippen LogP contribution in [0.15, 0.2) is 72.3 Å². The van der Waals surface area contributed by atoms with Crippen molar-refractivity contribution in [3.8, 4) is 5.69 Å². The number of rotatable bonds is 1. The fourth-order valence-corrected chi connectivity index (χ4v) is 4.05. The molecule has 1 aliphatic carbocycles. The summed E-state index contributed by atoms with van der Waals surface area (Å²) < 4.78 is 2.44. The number of hydrogen-bond acceptors (Lipinski definition) is 0. The summed E-state index contributed by atoms with van der Waals surface area (Å²) in [6.45, 7) is 6.23. The summed E-state index contributed by atoms with van der Waals surface area (Å²) in [5, 5.41) is 2.65. The molecule has 0 fully saturated rings. The van der Waals surface area contributed by atoms with Gasteiger partial charge in [-0.05, 0) is 49.1 Å². The molecule has 0 aliphatic heterocycles. The summed E-state index contributed by atoms with van der Waals surface area (Å²) in [6, 6.07) is 24.2. The van der Waals surface area contributed by atoms with Crippen LogP contribution in [0.5, 0.6) is 0 Å². The Morgan fingerprint density at radius 3 is 1.96 bits per heavy atom. The van der Waals surface area contributed by atoms with Gasteiger partial charge in [0.2, 0.25) is 0 Å². The van der Waals surface area contributed by atoms with Crippen LogP contribution in [0.3, 0.4) is 0 Å². The molecule has 1 aliphatic rings. The zero-order valence-electron chi connectivity index (χ0n) is 15.8. The van der Waals surface area contributed by atoms with Crippen molar-refractivity contribution in [1.82, 2.24) is 4.57 Å². The Hall–Kier alpha value is -2.80. The van der Waals surface area contributed by atoms with Crippen LogP contribution in [-0.2, 0) is 6.42 Å². The molecule has 0 N–H and O–H groups in total. The molecular weight excluding hydrogens is 314 g/mol. The van der Waals surface area contributed by atoms with E-state index < -0.39 is 0 Å². The quantitative estimate of drug-likeness (QED) is 0.347. The van der Waals surface area contributed by atoms with Gasteiger partial charge in [-0.25, -0.2) is 0 Å². The number of hydrogen-bond donors (Lipinski definition) is 0. The van der Waals surface area contributed by atoms with Gasteiger partial charge in [-0.15, -0.1) is 0 Å². The number of benzene rings is 3. The summed E-state index contributed by atoms with van der Waals surface area (Å²) in [4.78, 5) is 0. The van der Waals surface area contributed by atoms with Crippen LogP contribution >= 0.6 is 0 Å². The smallest absolute Gasteiger partial charge is 0.0541 e. The highest BCUT2D eigenvalue weighted by molar-refractivity contribution is 6.09. The largest absolute Gasteiger partial charge is 0.309 e. The van der Waals surface area contributed by atoms with Crippen LogP contribution in [0.1, 0.15) is 38.3 Å². The second kappa shape index (κ2) is 6.84. The van der Waals surface area contributed by atoms with Gasteiger partial charge < -0.3 is 4.57 Å². The first-order valence-electron chi connectivity index (χ1n) is 9.60. The van der Waals surface area contributed by atoms with Crippen molar-refractivity contribution in [1.29, 1.82) is 0 Å². The fraction of sp³-hybridized carbons (Fsp3) is 0.200. The van der Waals surface area contributed by atoms with E-state index >= 15 is 0 Å². The van der Waals surface area contributed by atoms with Gasteiger partial charge in [-0.2, -0.15) is 0 Å². The number of para-hydroxylation sites is 2. The zero-order chi connectivity index (χ0) is 18.1. The van der Waals surface area contributed by atoms with Crippen molar-refractivity contribution in [2.24, 2.45) is 0 Å². The summed E-state index contributed by atoms with van der Waals surface area (Å²) in [5.74, 6) is 0. The first kappa shape index (κ1) is 16.7. The highest BCUT2D eigenvalue weighted by Gasteiger charge is 2.17. The average Bonchev–Trinajstić information content (AvgIpc) is 3.03. The van der Waals surface area contributed by atoms with Gasteiger partial charge in [-0.1, -0.05) is 74.0 Å². The predicted octanol–water partition coefficient (Wildman–Crippen LogP) is 7.16. The maximum atomic E-state index is 2.44. The Kier molecular flexibility index (Phi) is 4.38. The summed E-state index contributed by atoms with van der Waals surface area (Å²) in [7, 11) is 0. The van der Waals surface area contributed by atoms with E-state index in [9.17, 15) is 0 Å².